The minimum Gasteiger partial charge on any atom is -0.358 e. The van der Waals surface area contributed by atoms with Crippen LogP contribution in [0.15, 0.2) is 30.3 Å². The van der Waals surface area contributed by atoms with Crippen molar-refractivity contribution in [1.29, 1.82) is 5.26 Å². The van der Waals surface area contributed by atoms with Crippen LogP contribution in [0.25, 0.3) is 0 Å². The van der Waals surface area contributed by atoms with Gasteiger partial charge in [0.2, 0.25) is 5.91 Å². The normalized spacial score (nSPS) is 22.8. The maximum absolute atomic E-state index is 11.6. The SMILES string of the molecule is N#C[C@H]1C(=O)NC(=S)N[C@@H]1CCc1ccccc1. The summed E-state index contributed by atoms with van der Waals surface area (Å²) >= 11 is 4.94. The molecule has 0 aliphatic carbocycles. The number of nitrogens with one attached hydrogen (secondary N) is 2. The molecule has 2 rings (SSSR count). The summed E-state index contributed by atoms with van der Waals surface area (Å²) in [5.74, 6) is -0.986. The largest absolute Gasteiger partial charge is 0.358 e. The van der Waals surface area contributed by atoms with Crippen molar-refractivity contribution < 1.29 is 4.79 Å². The molecule has 1 aromatic rings. The van der Waals surface area contributed by atoms with Crippen molar-refractivity contribution in [3.8, 4) is 6.07 Å². The number of hydrogen-bond donors (Lipinski definition) is 2. The highest BCUT2D eigenvalue weighted by Crippen LogP contribution is 2.14. The van der Waals surface area contributed by atoms with Gasteiger partial charge < -0.3 is 10.6 Å². The molecule has 1 aromatic carbocycles. The van der Waals surface area contributed by atoms with Crippen LogP contribution in [0.5, 0.6) is 0 Å². The lowest BCUT2D eigenvalue weighted by Crippen LogP contribution is -2.57. The van der Waals surface area contributed by atoms with Gasteiger partial charge in [-0.3, -0.25) is 4.79 Å². The van der Waals surface area contributed by atoms with Gasteiger partial charge in [-0.1, -0.05) is 30.3 Å². The highest BCUT2D eigenvalue weighted by molar-refractivity contribution is 7.80. The van der Waals surface area contributed by atoms with E-state index in [1.165, 1.54) is 5.56 Å². The van der Waals surface area contributed by atoms with Crippen LogP contribution in [0.4, 0.5) is 0 Å². The Bertz CT molecular complexity index is 495. The molecule has 1 aliphatic heterocycles. The van der Waals surface area contributed by atoms with Crippen LogP contribution in [-0.2, 0) is 11.2 Å². The Balaban J connectivity index is 2.01. The molecule has 0 spiro atoms. The molecule has 2 N–H and O–H groups in total. The molecule has 0 unspecified atom stereocenters. The van der Waals surface area contributed by atoms with Crippen molar-refractivity contribution in [2.75, 3.05) is 0 Å². The summed E-state index contributed by atoms with van der Waals surface area (Å²) in [5, 5.41) is 14.8. The summed E-state index contributed by atoms with van der Waals surface area (Å²) in [6, 6.07) is 11.8. The monoisotopic (exact) mass is 259 g/mol. The molecule has 0 saturated carbocycles. The maximum Gasteiger partial charge on any atom is 0.245 e. The minimum absolute atomic E-state index is 0.212. The van der Waals surface area contributed by atoms with Gasteiger partial charge >= 0.3 is 0 Å². The topological polar surface area (TPSA) is 64.9 Å². The van der Waals surface area contributed by atoms with Gasteiger partial charge in [-0.15, -0.1) is 0 Å². The number of nitrogens with zero attached hydrogens (tertiary/aromatic N) is 1. The van der Waals surface area contributed by atoms with Crippen molar-refractivity contribution in [2.45, 2.75) is 18.9 Å². The Morgan fingerprint density at radius 1 is 1.33 bits per heavy atom. The van der Waals surface area contributed by atoms with Gasteiger partial charge in [0.15, 0.2) is 5.11 Å². The number of rotatable bonds is 3. The predicted octanol–water partition coefficient (Wildman–Crippen LogP) is 1.13. The van der Waals surface area contributed by atoms with Crippen LogP contribution in [0.1, 0.15) is 12.0 Å². The molecule has 1 aliphatic rings. The molecule has 1 amide bonds. The lowest BCUT2D eigenvalue weighted by molar-refractivity contribution is -0.123. The number of thiocarbonyl (C=S) groups is 1. The zero-order valence-corrected chi connectivity index (χ0v) is 10.5. The van der Waals surface area contributed by atoms with Crippen LogP contribution in [0, 0.1) is 17.2 Å². The van der Waals surface area contributed by atoms with Crippen molar-refractivity contribution in [1.82, 2.24) is 10.6 Å². The fourth-order valence-corrected chi connectivity index (χ4v) is 2.27. The fourth-order valence-electron chi connectivity index (χ4n) is 2.01. The second-order valence-electron chi connectivity index (χ2n) is 4.20. The van der Waals surface area contributed by atoms with E-state index in [1.54, 1.807) is 0 Å². The van der Waals surface area contributed by atoms with E-state index < -0.39 is 5.92 Å². The summed E-state index contributed by atoms with van der Waals surface area (Å²) in [6.07, 6.45) is 1.52. The second-order valence-corrected chi connectivity index (χ2v) is 4.61. The van der Waals surface area contributed by atoms with Gasteiger partial charge in [0, 0.05) is 0 Å². The van der Waals surface area contributed by atoms with Crippen molar-refractivity contribution >= 4 is 23.2 Å². The van der Waals surface area contributed by atoms with Gasteiger partial charge in [0.1, 0.15) is 5.92 Å². The third kappa shape index (κ3) is 2.84. The Kier molecular flexibility index (Phi) is 3.90. The first-order chi connectivity index (χ1) is 8.70. The molecule has 18 heavy (non-hydrogen) atoms. The van der Waals surface area contributed by atoms with Crippen LogP contribution in [-0.4, -0.2) is 17.1 Å². The summed E-state index contributed by atoms with van der Waals surface area (Å²) in [7, 11) is 0. The second kappa shape index (κ2) is 5.61. The molecule has 1 heterocycles. The van der Waals surface area contributed by atoms with E-state index in [2.05, 4.69) is 10.6 Å². The summed E-state index contributed by atoms with van der Waals surface area (Å²) in [4.78, 5) is 11.6. The highest BCUT2D eigenvalue weighted by atomic mass is 32.1. The number of carbonyl (C=O) groups excluding carboxylic acids is 1. The van der Waals surface area contributed by atoms with Crippen LogP contribution < -0.4 is 10.6 Å². The lowest BCUT2D eigenvalue weighted by Gasteiger charge is -2.29. The number of carbonyl (C=O) groups is 1. The average molecular weight is 259 g/mol. The molecule has 4 nitrogen and oxygen atoms in total. The third-order valence-electron chi connectivity index (χ3n) is 2.96. The quantitative estimate of drug-likeness (QED) is 0.799. The minimum atomic E-state index is -0.680. The summed E-state index contributed by atoms with van der Waals surface area (Å²) < 4.78 is 0. The smallest absolute Gasteiger partial charge is 0.245 e. The number of amides is 1. The lowest BCUT2D eigenvalue weighted by atomic mass is 9.93. The van der Waals surface area contributed by atoms with Crippen LogP contribution in [0.3, 0.4) is 0 Å². The summed E-state index contributed by atoms with van der Waals surface area (Å²) in [5.41, 5.74) is 1.19. The Labute approximate surface area is 111 Å². The molecule has 5 heteroatoms. The van der Waals surface area contributed by atoms with Crippen molar-refractivity contribution in [3.63, 3.8) is 0 Å². The fraction of sp³-hybridized carbons (Fsp3) is 0.308. The van der Waals surface area contributed by atoms with E-state index in [0.29, 0.717) is 11.5 Å². The zero-order valence-electron chi connectivity index (χ0n) is 9.72. The first-order valence-electron chi connectivity index (χ1n) is 5.75. The molecule has 1 fully saturated rings. The van der Waals surface area contributed by atoms with Crippen LogP contribution >= 0.6 is 12.2 Å². The van der Waals surface area contributed by atoms with Gasteiger partial charge in [-0.05, 0) is 30.6 Å². The average Bonchev–Trinajstić information content (AvgIpc) is 2.37. The molecule has 0 bridgehead atoms. The summed E-state index contributed by atoms with van der Waals surface area (Å²) in [6.45, 7) is 0. The maximum atomic E-state index is 11.6. The van der Waals surface area contributed by atoms with E-state index in [1.807, 2.05) is 36.4 Å². The van der Waals surface area contributed by atoms with Crippen LogP contribution in [0.2, 0.25) is 0 Å². The first-order valence-corrected chi connectivity index (χ1v) is 6.16. The van der Waals surface area contributed by atoms with E-state index in [0.717, 1.165) is 6.42 Å². The van der Waals surface area contributed by atoms with E-state index in [-0.39, 0.29) is 11.9 Å². The van der Waals surface area contributed by atoms with Crippen molar-refractivity contribution in [2.24, 2.45) is 5.92 Å². The van der Waals surface area contributed by atoms with E-state index >= 15 is 0 Å². The van der Waals surface area contributed by atoms with E-state index in [4.69, 9.17) is 17.5 Å². The Morgan fingerprint density at radius 2 is 2.06 bits per heavy atom. The Morgan fingerprint density at radius 3 is 2.72 bits per heavy atom. The third-order valence-corrected chi connectivity index (χ3v) is 3.18. The van der Waals surface area contributed by atoms with Crippen molar-refractivity contribution in [3.05, 3.63) is 35.9 Å². The van der Waals surface area contributed by atoms with Gasteiger partial charge in [-0.2, -0.15) is 5.26 Å². The van der Waals surface area contributed by atoms with E-state index in [9.17, 15) is 4.79 Å². The standard InChI is InChI=1S/C13H13N3OS/c14-8-10-11(15-13(18)16-12(10)17)7-6-9-4-2-1-3-5-9/h1-5,10-11H,6-7H2,(H2,15,16,17,18)/t10-,11-/m1/s1. The predicted molar refractivity (Wildman–Crippen MR) is 71.5 cm³/mol. The molecular weight excluding hydrogens is 246 g/mol. The molecular formula is C13H13N3OS. The number of nitriles is 1. The Hall–Kier alpha value is -1.93. The van der Waals surface area contributed by atoms with Gasteiger partial charge in [-0.25, -0.2) is 0 Å². The molecule has 92 valence electrons. The first kappa shape index (κ1) is 12.5. The number of hydrogen-bond acceptors (Lipinski definition) is 3. The molecule has 1 saturated heterocycles. The zero-order chi connectivity index (χ0) is 13.0. The molecule has 0 radical (unpaired) electrons. The molecule has 0 aromatic heterocycles. The highest BCUT2D eigenvalue weighted by Gasteiger charge is 2.33. The van der Waals surface area contributed by atoms with Gasteiger partial charge in [0.05, 0.1) is 12.1 Å². The molecule has 2 atom stereocenters. The number of aryl methyl sites for hydroxylation is 1. The van der Waals surface area contributed by atoms with Gasteiger partial charge in [0.25, 0.3) is 0 Å². The number of benzene rings is 1.